The van der Waals surface area contributed by atoms with Crippen LogP contribution in [0.2, 0.25) is 6.04 Å². The maximum atomic E-state index is 10.6. The molecule has 14 heavy (non-hydrogen) atoms. The van der Waals surface area contributed by atoms with E-state index in [1.54, 1.807) is 0 Å². The van der Waals surface area contributed by atoms with E-state index in [-0.39, 0.29) is 6.61 Å². The zero-order valence-electron chi connectivity index (χ0n) is 8.49. The first-order valence-electron chi connectivity index (χ1n) is 4.20. The maximum absolute atomic E-state index is 10.6. The lowest BCUT2D eigenvalue weighted by Gasteiger charge is -2.19. The minimum absolute atomic E-state index is 0.229. The van der Waals surface area contributed by atoms with Gasteiger partial charge in [0.05, 0.1) is 6.61 Å². The van der Waals surface area contributed by atoms with Crippen LogP contribution in [-0.2, 0) is 18.4 Å². The van der Waals surface area contributed by atoms with E-state index >= 15 is 0 Å². The van der Waals surface area contributed by atoms with Gasteiger partial charge in [0.15, 0.2) is 0 Å². The highest BCUT2D eigenvalue weighted by Crippen LogP contribution is 2.10. The van der Waals surface area contributed by atoms with E-state index in [0.717, 1.165) is 6.08 Å². The van der Waals surface area contributed by atoms with E-state index < -0.39 is 14.8 Å². The lowest BCUT2D eigenvalue weighted by atomic mass is 10.5. The van der Waals surface area contributed by atoms with Crippen LogP contribution in [0, 0.1) is 0 Å². The van der Waals surface area contributed by atoms with E-state index in [1.807, 2.05) is 0 Å². The summed E-state index contributed by atoms with van der Waals surface area (Å²) in [6.45, 7) is 3.48. The molecule has 0 rings (SSSR count). The molecular formula is C8H16O5Si. The summed E-state index contributed by atoms with van der Waals surface area (Å²) in [6, 6.07) is 0.365. The van der Waals surface area contributed by atoms with Crippen molar-refractivity contribution >= 4 is 14.8 Å². The molecule has 0 aromatic heterocycles. The molecule has 0 bridgehead atoms. The monoisotopic (exact) mass is 220 g/mol. The van der Waals surface area contributed by atoms with Gasteiger partial charge in [0.2, 0.25) is 0 Å². The van der Waals surface area contributed by atoms with Crippen LogP contribution in [-0.4, -0.2) is 40.4 Å². The molecule has 0 atom stereocenters. The summed E-state index contributed by atoms with van der Waals surface area (Å²) in [5.74, 6) is -0.468. The third-order valence-corrected chi connectivity index (χ3v) is 3.95. The second-order valence-corrected chi connectivity index (χ2v) is 5.34. The SMILES string of the molecule is C=CC(=O)OCCC[Si](O)(OC)OC. The number of hydrogen-bond donors (Lipinski definition) is 1. The zero-order chi connectivity index (χ0) is 11.0. The molecule has 82 valence electrons. The molecule has 5 nitrogen and oxygen atoms in total. The lowest BCUT2D eigenvalue weighted by Crippen LogP contribution is -2.40. The van der Waals surface area contributed by atoms with Crippen molar-refractivity contribution in [1.82, 2.24) is 0 Å². The maximum Gasteiger partial charge on any atom is 0.497 e. The van der Waals surface area contributed by atoms with Crippen molar-refractivity contribution in [2.24, 2.45) is 0 Å². The predicted molar refractivity (Wildman–Crippen MR) is 52.6 cm³/mol. The number of ether oxygens (including phenoxy) is 1. The van der Waals surface area contributed by atoms with Crippen molar-refractivity contribution in [3.8, 4) is 0 Å². The van der Waals surface area contributed by atoms with Crippen molar-refractivity contribution in [2.45, 2.75) is 12.5 Å². The summed E-state index contributed by atoms with van der Waals surface area (Å²) in [4.78, 5) is 20.2. The van der Waals surface area contributed by atoms with Gasteiger partial charge in [-0.1, -0.05) is 6.58 Å². The van der Waals surface area contributed by atoms with Gasteiger partial charge in [0.1, 0.15) is 0 Å². The zero-order valence-corrected chi connectivity index (χ0v) is 9.49. The first-order chi connectivity index (χ1) is 6.58. The Kier molecular flexibility index (Phi) is 6.38. The fourth-order valence-corrected chi connectivity index (χ4v) is 1.98. The number of carbonyl (C=O) groups is 1. The fourth-order valence-electron chi connectivity index (χ4n) is 0.815. The molecule has 0 aliphatic heterocycles. The highest BCUT2D eigenvalue weighted by molar-refractivity contribution is 6.59. The number of hydrogen-bond acceptors (Lipinski definition) is 5. The largest absolute Gasteiger partial charge is 0.497 e. The van der Waals surface area contributed by atoms with Gasteiger partial charge in [0.25, 0.3) is 0 Å². The first-order valence-corrected chi connectivity index (χ1v) is 6.17. The van der Waals surface area contributed by atoms with Gasteiger partial charge in [-0.2, -0.15) is 0 Å². The number of rotatable bonds is 7. The lowest BCUT2D eigenvalue weighted by molar-refractivity contribution is -0.137. The molecule has 0 amide bonds. The predicted octanol–water partition coefficient (Wildman–Crippen LogP) is 0.330. The Morgan fingerprint density at radius 3 is 2.50 bits per heavy atom. The molecule has 0 fully saturated rings. The van der Waals surface area contributed by atoms with Crippen LogP contribution < -0.4 is 0 Å². The van der Waals surface area contributed by atoms with E-state index in [1.165, 1.54) is 14.2 Å². The third kappa shape index (κ3) is 5.13. The third-order valence-electron chi connectivity index (χ3n) is 1.69. The van der Waals surface area contributed by atoms with Gasteiger partial charge in [-0.15, -0.1) is 0 Å². The van der Waals surface area contributed by atoms with Gasteiger partial charge >= 0.3 is 14.8 Å². The van der Waals surface area contributed by atoms with Crippen molar-refractivity contribution in [3.63, 3.8) is 0 Å². The molecule has 0 unspecified atom stereocenters. The van der Waals surface area contributed by atoms with Crippen LogP contribution in [0.3, 0.4) is 0 Å². The molecule has 0 heterocycles. The Balaban J connectivity index is 3.62. The Morgan fingerprint density at radius 1 is 1.50 bits per heavy atom. The van der Waals surface area contributed by atoms with E-state index in [2.05, 4.69) is 6.58 Å². The van der Waals surface area contributed by atoms with Crippen LogP contribution in [0.4, 0.5) is 0 Å². The van der Waals surface area contributed by atoms with Gasteiger partial charge in [-0.05, 0) is 6.42 Å². The van der Waals surface area contributed by atoms with Crippen LogP contribution in [0.15, 0.2) is 12.7 Å². The van der Waals surface area contributed by atoms with Crippen molar-refractivity contribution < 1.29 is 23.2 Å². The molecule has 0 saturated heterocycles. The quantitative estimate of drug-likeness (QED) is 0.290. The Bertz CT molecular complexity index is 190. The highest BCUT2D eigenvalue weighted by Gasteiger charge is 2.33. The Labute approximate surface area is 84.7 Å². The molecule has 1 N–H and O–H groups in total. The summed E-state index contributed by atoms with van der Waals surface area (Å²) in [5.41, 5.74) is 0. The van der Waals surface area contributed by atoms with Crippen LogP contribution in [0.25, 0.3) is 0 Å². The molecule has 6 heteroatoms. The normalized spacial score (nSPS) is 11.1. The average Bonchev–Trinajstić information content (AvgIpc) is 2.23. The van der Waals surface area contributed by atoms with Gasteiger partial charge in [0, 0.05) is 26.3 Å². The van der Waals surface area contributed by atoms with Crippen molar-refractivity contribution in [3.05, 3.63) is 12.7 Å². The minimum atomic E-state index is -3.00. The Morgan fingerprint density at radius 2 is 2.07 bits per heavy atom. The minimum Gasteiger partial charge on any atom is -0.463 e. The topological polar surface area (TPSA) is 65.0 Å². The summed E-state index contributed by atoms with van der Waals surface area (Å²) in [6.07, 6.45) is 1.60. The van der Waals surface area contributed by atoms with Gasteiger partial charge in [-0.25, -0.2) is 4.79 Å². The molecule has 0 spiro atoms. The second-order valence-electron chi connectivity index (χ2n) is 2.60. The standard InChI is InChI=1S/C8H16O5Si/c1-4-8(9)13-6-5-7-14(10,11-2)12-3/h4,10H,1,5-7H2,2-3H3. The smallest absolute Gasteiger partial charge is 0.463 e. The van der Waals surface area contributed by atoms with E-state index in [0.29, 0.717) is 12.5 Å². The van der Waals surface area contributed by atoms with Gasteiger partial charge in [-0.3, -0.25) is 0 Å². The second kappa shape index (κ2) is 6.72. The molecular weight excluding hydrogens is 204 g/mol. The highest BCUT2D eigenvalue weighted by atomic mass is 28.4. The molecule has 0 radical (unpaired) electrons. The molecule has 0 aliphatic carbocycles. The van der Waals surface area contributed by atoms with Crippen LogP contribution in [0.5, 0.6) is 0 Å². The fraction of sp³-hybridized carbons (Fsp3) is 0.625. The van der Waals surface area contributed by atoms with Gasteiger partial charge < -0.3 is 18.4 Å². The van der Waals surface area contributed by atoms with Crippen molar-refractivity contribution in [2.75, 3.05) is 20.8 Å². The molecule has 0 aromatic carbocycles. The summed E-state index contributed by atoms with van der Waals surface area (Å²) < 4.78 is 14.4. The Hall–Kier alpha value is -0.693. The molecule has 0 saturated carbocycles. The van der Waals surface area contributed by atoms with E-state index in [4.69, 9.17) is 13.6 Å². The molecule has 0 aromatic rings. The van der Waals surface area contributed by atoms with Crippen LogP contribution >= 0.6 is 0 Å². The first kappa shape index (κ1) is 13.3. The average molecular weight is 220 g/mol. The number of esters is 1. The van der Waals surface area contributed by atoms with Crippen molar-refractivity contribution in [1.29, 1.82) is 0 Å². The number of carbonyl (C=O) groups excluding carboxylic acids is 1. The summed E-state index contributed by atoms with van der Waals surface area (Å²) in [5, 5.41) is 0. The molecule has 0 aliphatic rings. The summed E-state index contributed by atoms with van der Waals surface area (Å²) >= 11 is 0. The van der Waals surface area contributed by atoms with Crippen LogP contribution in [0.1, 0.15) is 6.42 Å². The van der Waals surface area contributed by atoms with E-state index in [9.17, 15) is 9.59 Å². The summed E-state index contributed by atoms with van der Waals surface area (Å²) in [7, 11) is -0.208.